The molecule has 0 saturated carbocycles. The predicted molar refractivity (Wildman–Crippen MR) is 264 cm³/mol. The second-order valence-corrected chi connectivity index (χ2v) is 17.9. The molecule has 0 saturated heterocycles. The molecule has 3 atom stereocenters. The van der Waals surface area contributed by atoms with Crippen molar-refractivity contribution in [3.8, 4) is 0 Å². The van der Waals surface area contributed by atoms with Crippen molar-refractivity contribution < 1.29 is 24.5 Å². The van der Waals surface area contributed by atoms with Gasteiger partial charge in [0.1, 0.15) is 6.10 Å². The number of nitrogens with one attached hydrogen (secondary N) is 1. The summed E-state index contributed by atoms with van der Waals surface area (Å²) in [5, 5.41) is 23.8. The van der Waals surface area contributed by atoms with E-state index in [2.05, 4.69) is 74.7 Å². The number of esters is 1. The molecule has 61 heavy (non-hydrogen) atoms. The van der Waals surface area contributed by atoms with Gasteiger partial charge >= 0.3 is 5.97 Å². The number of rotatable bonds is 47. The van der Waals surface area contributed by atoms with Gasteiger partial charge in [0.2, 0.25) is 5.91 Å². The highest BCUT2D eigenvalue weighted by Crippen LogP contribution is 2.18. The smallest absolute Gasteiger partial charge is 0.306 e. The van der Waals surface area contributed by atoms with E-state index in [1.54, 1.807) is 0 Å². The lowest BCUT2D eigenvalue weighted by molar-refractivity contribution is -0.151. The Morgan fingerprint density at radius 2 is 0.885 bits per heavy atom. The first-order chi connectivity index (χ1) is 30.0. The molecular weight excluding hydrogens is 755 g/mol. The van der Waals surface area contributed by atoms with Crippen LogP contribution in [0.15, 0.2) is 48.6 Å². The molecule has 1 amide bonds. The first-order valence-corrected chi connectivity index (χ1v) is 26.4. The van der Waals surface area contributed by atoms with Crippen molar-refractivity contribution in [3.05, 3.63) is 48.6 Å². The topological polar surface area (TPSA) is 95.9 Å². The third-order valence-electron chi connectivity index (χ3n) is 11.9. The fraction of sp³-hybridized carbons (Fsp3) is 0.818. The van der Waals surface area contributed by atoms with Crippen LogP contribution in [0.25, 0.3) is 0 Å². The number of carbonyl (C=O) groups excluding carboxylic acids is 2. The normalized spacial score (nSPS) is 13.6. The largest absolute Gasteiger partial charge is 0.462 e. The zero-order chi connectivity index (χ0) is 44.5. The Bertz CT molecular complexity index is 1050. The average Bonchev–Trinajstić information content (AvgIpc) is 3.25. The van der Waals surface area contributed by atoms with E-state index < -0.39 is 18.2 Å². The number of unbranched alkanes of at least 4 members (excludes halogenated alkanes) is 27. The summed E-state index contributed by atoms with van der Waals surface area (Å²) in [5.41, 5.74) is 0. The zero-order valence-electron chi connectivity index (χ0n) is 40.5. The van der Waals surface area contributed by atoms with Crippen LogP contribution in [0.4, 0.5) is 0 Å². The van der Waals surface area contributed by atoms with Crippen molar-refractivity contribution in [2.75, 3.05) is 6.61 Å². The van der Waals surface area contributed by atoms with Crippen molar-refractivity contribution >= 4 is 11.9 Å². The quantitative estimate of drug-likeness (QED) is 0.0322. The summed E-state index contributed by atoms with van der Waals surface area (Å²) in [6.45, 7) is 6.35. The second kappa shape index (κ2) is 48.8. The molecule has 0 aromatic carbocycles. The van der Waals surface area contributed by atoms with E-state index in [0.29, 0.717) is 19.3 Å². The van der Waals surface area contributed by atoms with Crippen LogP contribution in [0.2, 0.25) is 0 Å². The van der Waals surface area contributed by atoms with Crippen molar-refractivity contribution in [3.63, 3.8) is 0 Å². The molecular formula is C55H101NO5. The molecule has 3 unspecified atom stereocenters. The van der Waals surface area contributed by atoms with E-state index in [1.165, 1.54) is 122 Å². The molecule has 0 radical (unpaired) electrons. The van der Waals surface area contributed by atoms with Gasteiger partial charge in [-0.15, -0.1) is 0 Å². The van der Waals surface area contributed by atoms with Gasteiger partial charge in [-0.25, -0.2) is 0 Å². The highest BCUT2D eigenvalue weighted by molar-refractivity contribution is 5.77. The maximum Gasteiger partial charge on any atom is 0.306 e. The van der Waals surface area contributed by atoms with E-state index in [4.69, 9.17) is 4.74 Å². The average molecular weight is 856 g/mol. The summed E-state index contributed by atoms with van der Waals surface area (Å²) >= 11 is 0. The predicted octanol–water partition coefficient (Wildman–Crippen LogP) is 15.8. The Balaban J connectivity index is 4.48. The molecule has 6 nitrogen and oxygen atoms in total. The van der Waals surface area contributed by atoms with Crippen LogP contribution < -0.4 is 5.32 Å². The molecule has 0 heterocycles. The minimum Gasteiger partial charge on any atom is -0.462 e. The fourth-order valence-electron chi connectivity index (χ4n) is 7.91. The van der Waals surface area contributed by atoms with Crippen LogP contribution in [0.1, 0.15) is 265 Å². The summed E-state index contributed by atoms with van der Waals surface area (Å²) in [6, 6.07) is -0.708. The van der Waals surface area contributed by atoms with Crippen molar-refractivity contribution in [2.24, 2.45) is 0 Å². The molecule has 0 aliphatic heterocycles. The molecule has 356 valence electrons. The number of amides is 1. The van der Waals surface area contributed by atoms with E-state index in [1.807, 2.05) is 0 Å². The Morgan fingerprint density at radius 3 is 1.41 bits per heavy atom. The van der Waals surface area contributed by atoms with E-state index >= 15 is 0 Å². The number of aliphatic hydroxyl groups excluding tert-OH is 2. The highest BCUT2D eigenvalue weighted by atomic mass is 16.5. The van der Waals surface area contributed by atoms with Gasteiger partial charge in [0.25, 0.3) is 0 Å². The fourth-order valence-corrected chi connectivity index (χ4v) is 7.91. The van der Waals surface area contributed by atoms with Crippen LogP contribution in [0.3, 0.4) is 0 Å². The van der Waals surface area contributed by atoms with Crippen LogP contribution in [0, 0.1) is 0 Å². The molecule has 0 fully saturated rings. The third-order valence-corrected chi connectivity index (χ3v) is 11.9. The summed E-state index contributed by atoms with van der Waals surface area (Å²) < 4.78 is 5.91. The van der Waals surface area contributed by atoms with Crippen LogP contribution in [0.5, 0.6) is 0 Å². The Kier molecular flexibility index (Phi) is 47.1. The monoisotopic (exact) mass is 856 g/mol. The maximum atomic E-state index is 13.2. The molecule has 6 heteroatoms. The molecule has 0 spiro atoms. The van der Waals surface area contributed by atoms with E-state index in [9.17, 15) is 19.8 Å². The van der Waals surface area contributed by atoms with Gasteiger partial charge in [-0.1, -0.05) is 217 Å². The van der Waals surface area contributed by atoms with Crippen molar-refractivity contribution in [1.82, 2.24) is 5.32 Å². The lowest BCUT2D eigenvalue weighted by atomic mass is 10.0. The van der Waals surface area contributed by atoms with E-state index in [0.717, 1.165) is 96.3 Å². The lowest BCUT2D eigenvalue weighted by Gasteiger charge is -2.24. The third kappa shape index (κ3) is 44.2. The lowest BCUT2D eigenvalue weighted by Crippen LogP contribution is -2.46. The summed E-state index contributed by atoms with van der Waals surface area (Å²) in [5.74, 6) is -0.500. The van der Waals surface area contributed by atoms with Gasteiger partial charge in [-0.2, -0.15) is 0 Å². The van der Waals surface area contributed by atoms with Gasteiger partial charge in [-0.3, -0.25) is 9.59 Å². The van der Waals surface area contributed by atoms with E-state index in [-0.39, 0.29) is 24.9 Å². The highest BCUT2D eigenvalue weighted by Gasteiger charge is 2.24. The SMILES string of the molecule is CC/C=C/C/C=C/C/C=C/CCCCCCCCC(=O)OC(CCCCC/C=C\CCCCC)CC(=O)NC(CO)C(O)CCCCCCCCCCCCCCCCCC. The first-order valence-electron chi connectivity index (χ1n) is 26.4. The number of carbonyl (C=O) groups is 2. The molecule has 0 aliphatic carbocycles. The summed E-state index contributed by atoms with van der Waals surface area (Å²) in [7, 11) is 0. The van der Waals surface area contributed by atoms with Gasteiger partial charge < -0.3 is 20.3 Å². The number of allylic oxidation sites excluding steroid dienone is 8. The number of ether oxygens (including phenoxy) is 1. The van der Waals surface area contributed by atoms with Crippen molar-refractivity contribution in [2.45, 2.75) is 283 Å². The summed E-state index contributed by atoms with van der Waals surface area (Å²) in [4.78, 5) is 26.1. The molecule has 0 aliphatic rings. The van der Waals surface area contributed by atoms with Gasteiger partial charge in [0, 0.05) is 6.42 Å². The van der Waals surface area contributed by atoms with Gasteiger partial charge in [0.05, 0.1) is 25.2 Å². The Hall–Kier alpha value is -2.18. The zero-order valence-corrected chi connectivity index (χ0v) is 40.5. The second-order valence-electron chi connectivity index (χ2n) is 17.9. The first kappa shape index (κ1) is 58.8. The van der Waals surface area contributed by atoms with Gasteiger partial charge in [0.15, 0.2) is 0 Å². The number of hydrogen-bond donors (Lipinski definition) is 3. The van der Waals surface area contributed by atoms with Crippen LogP contribution in [-0.4, -0.2) is 46.9 Å². The van der Waals surface area contributed by atoms with Crippen LogP contribution >= 0.6 is 0 Å². The standard InChI is InChI=1S/C55H101NO5/c1-4-7-10-13-16-19-22-24-26-28-30-32-35-38-41-44-47-53(58)52(50-57)56-54(59)49-51(46-43-40-37-34-21-18-15-12-9-6-3)61-55(60)48-45-42-39-36-33-31-29-27-25-23-20-17-14-11-8-5-2/h8,11,17-18,20-21,25,27,51-53,57-58H,4-7,9-10,12-16,19,22-24,26,28-50H2,1-3H3,(H,56,59)/b11-8+,20-17+,21-18-,27-25+. The van der Waals surface area contributed by atoms with Crippen LogP contribution in [-0.2, 0) is 14.3 Å². The molecule has 0 rings (SSSR count). The number of hydrogen-bond acceptors (Lipinski definition) is 5. The minimum atomic E-state index is -0.793. The molecule has 0 aromatic rings. The van der Waals surface area contributed by atoms with Crippen molar-refractivity contribution in [1.29, 1.82) is 0 Å². The number of aliphatic hydroxyl groups is 2. The Morgan fingerprint density at radius 1 is 0.492 bits per heavy atom. The molecule has 0 aromatic heterocycles. The maximum absolute atomic E-state index is 13.2. The minimum absolute atomic E-state index is 0.0619. The summed E-state index contributed by atoms with van der Waals surface area (Å²) in [6.07, 6.45) is 58.9. The molecule has 3 N–H and O–H groups in total. The Labute approximate surface area is 378 Å². The molecule has 0 bridgehead atoms. The van der Waals surface area contributed by atoms with Gasteiger partial charge in [-0.05, 0) is 83.5 Å².